The highest BCUT2D eigenvalue weighted by atomic mass is 15.2. The Morgan fingerprint density at radius 1 is 1.17 bits per heavy atom. The zero-order valence-corrected chi connectivity index (χ0v) is 13.4. The molecule has 2 nitrogen and oxygen atoms in total. The Balaban J connectivity index is 2.60. The van der Waals surface area contributed by atoms with E-state index in [1.54, 1.807) is 0 Å². The van der Waals surface area contributed by atoms with Crippen molar-refractivity contribution in [1.82, 2.24) is 10.2 Å². The van der Waals surface area contributed by atoms with E-state index < -0.39 is 0 Å². The van der Waals surface area contributed by atoms with Crippen LogP contribution in [-0.4, -0.2) is 36.1 Å². The van der Waals surface area contributed by atoms with Gasteiger partial charge in [0.05, 0.1) is 0 Å². The second-order valence-corrected chi connectivity index (χ2v) is 6.60. The van der Waals surface area contributed by atoms with Gasteiger partial charge in [-0.05, 0) is 32.1 Å². The highest BCUT2D eigenvalue weighted by Crippen LogP contribution is 2.23. The molecule has 0 radical (unpaired) electrons. The van der Waals surface area contributed by atoms with Gasteiger partial charge in [0, 0.05) is 31.2 Å². The number of rotatable bonds is 6. The van der Waals surface area contributed by atoms with E-state index in [1.807, 2.05) is 0 Å². The Bertz CT molecular complexity index is 223. The predicted molar refractivity (Wildman–Crippen MR) is 80.9 cm³/mol. The van der Waals surface area contributed by atoms with Crippen LogP contribution in [0.4, 0.5) is 0 Å². The monoisotopic (exact) mass is 254 g/mol. The van der Waals surface area contributed by atoms with Gasteiger partial charge in [-0.25, -0.2) is 0 Å². The Kier molecular flexibility index (Phi) is 6.65. The van der Waals surface area contributed by atoms with Gasteiger partial charge in [-0.3, -0.25) is 4.90 Å². The van der Waals surface area contributed by atoms with Crippen LogP contribution in [0.25, 0.3) is 0 Å². The smallest absolute Gasteiger partial charge is 0.0198 e. The van der Waals surface area contributed by atoms with E-state index in [0.29, 0.717) is 12.1 Å². The van der Waals surface area contributed by atoms with Crippen molar-refractivity contribution in [2.45, 2.75) is 78.9 Å². The molecule has 3 atom stereocenters. The third kappa shape index (κ3) is 4.24. The molecule has 0 aliphatic carbocycles. The summed E-state index contributed by atoms with van der Waals surface area (Å²) in [5.74, 6) is 1.64. The Morgan fingerprint density at radius 3 is 2.28 bits per heavy atom. The Labute approximate surface area is 115 Å². The molecule has 1 aliphatic heterocycles. The van der Waals surface area contributed by atoms with Gasteiger partial charge in [0.2, 0.25) is 0 Å². The topological polar surface area (TPSA) is 15.3 Å². The molecule has 1 saturated heterocycles. The van der Waals surface area contributed by atoms with Crippen molar-refractivity contribution in [3.63, 3.8) is 0 Å². The van der Waals surface area contributed by atoms with E-state index in [-0.39, 0.29) is 0 Å². The molecule has 0 aromatic rings. The average molecular weight is 254 g/mol. The van der Waals surface area contributed by atoms with Crippen molar-refractivity contribution < 1.29 is 0 Å². The lowest BCUT2D eigenvalue weighted by molar-refractivity contribution is 0.0607. The summed E-state index contributed by atoms with van der Waals surface area (Å²) in [4.78, 5) is 2.75. The number of piperazine rings is 1. The summed E-state index contributed by atoms with van der Waals surface area (Å²) in [6.07, 6.45) is 3.92. The van der Waals surface area contributed by atoms with Crippen LogP contribution in [0.5, 0.6) is 0 Å². The number of hydrogen-bond donors (Lipinski definition) is 1. The van der Waals surface area contributed by atoms with E-state index in [4.69, 9.17) is 0 Å². The lowest BCUT2D eigenvalue weighted by atomic mass is 9.91. The molecule has 0 bridgehead atoms. The lowest BCUT2D eigenvalue weighted by Crippen LogP contribution is -2.59. The van der Waals surface area contributed by atoms with Crippen molar-refractivity contribution >= 4 is 0 Å². The number of nitrogens with one attached hydrogen (secondary N) is 1. The molecule has 0 amide bonds. The van der Waals surface area contributed by atoms with Gasteiger partial charge in [0.1, 0.15) is 0 Å². The molecule has 0 aromatic carbocycles. The summed E-state index contributed by atoms with van der Waals surface area (Å²) in [5, 5.41) is 3.72. The van der Waals surface area contributed by atoms with Gasteiger partial charge in [-0.1, -0.05) is 40.5 Å². The summed E-state index contributed by atoms with van der Waals surface area (Å²) >= 11 is 0. The van der Waals surface area contributed by atoms with E-state index in [1.165, 1.54) is 25.8 Å². The maximum atomic E-state index is 3.72. The zero-order valence-electron chi connectivity index (χ0n) is 13.4. The van der Waals surface area contributed by atoms with Crippen molar-refractivity contribution in [2.75, 3.05) is 13.1 Å². The minimum absolute atomic E-state index is 0.684. The molecular formula is C16H34N2. The minimum Gasteiger partial charge on any atom is -0.311 e. The fourth-order valence-electron chi connectivity index (χ4n) is 3.49. The summed E-state index contributed by atoms with van der Waals surface area (Å²) in [7, 11) is 0. The molecule has 2 heteroatoms. The van der Waals surface area contributed by atoms with E-state index in [0.717, 1.165) is 24.4 Å². The summed E-state index contributed by atoms with van der Waals surface area (Å²) in [6.45, 7) is 16.5. The van der Waals surface area contributed by atoms with Gasteiger partial charge in [0.15, 0.2) is 0 Å². The molecule has 108 valence electrons. The van der Waals surface area contributed by atoms with Crippen LogP contribution in [0.15, 0.2) is 0 Å². The van der Waals surface area contributed by atoms with Crippen LogP contribution in [0.2, 0.25) is 0 Å². The fourth-order valence-corrected chi connectivity index (χ4v) is 3.49. The first-order valence-electron chi connectivity index (χ1n) is 7.98. The SMILES string of the molecule is CCC(CC)C(C)N1CC(CC(C)C)NCC1C. The van der Waals surface area contributed by atoms with Crippen LogP contribution < -0.4 is 5.32 Å². The molecule has 0 saturated carbocycles. The number of hydrogen-bond acceptors (Lipinski definition) is 2. The predicted octanol–water partition coefficient (Wildman–Crippen LogP) is 3.52. The molecule has 0 aromatic heterocycles. The maximum Gasteiger partial charge on any atom is 0.0198 e. The second-order valence-electron chi connectivity index (χ2n) is 6.60. The third-order valence-electron chi connectivity index (χ3n) is 4.71. The lowest BCUT2D eigenvalue weighted by Gasteiger charge is -2.45. The molecule has 1 fully saturated rings. The minimum atomic E-state index is 0.684. The normalized spacial score (nSPS) is 28.0. The highest BCUT2D eigenvalue weighted by molar-refractivity contribution is 4.88. The quantitative estimate of drug-likeness (QED) is 0.780. The Morgan fingerprint density at radius 2 is 1.78 bits per heavy atom. The van der Waals surface area contributed by atoms with Crippen molar-refractivity contribution in [1.29, 1.82) is 0 Å². The average Bonchev–Trinajstić information content (AvgIpc) is 2.32. The van der Waals surface area contributed by atoms with E-state index in [9.17, 15) is 0 Å². The molecule has 1 aliphatic rings. The maximum absolute atomic E-state index is 3.72. The Hall–Kier alpha value is -0.0800. The largest absolute Gasteiger partial charge is 0.311 e. The van der Waals surface area contributed by atoms with E-state index in [2.05, 4.69) is 51.8 Å². The molecule has 1 N–H and O–H groups in total. The van der Waals surface area contributed by atoms with Crippen LogP contribution in [0.3, 0.4) is 0 Å². The van der Waals surface area contributed by atoms with Gasteiger partial charge in [0.25, 0.3) is 0 Å². The molecule has 18 heavy (non-hydrogen) atoms. The van der Waals surface area contributed by atoms with Crippen molar-refractivity contribution in [2.24, 2.45) is 11.8 Å². The van der Waals surface area contributed by atoms with Crippen molar-refractivity contribution in [3.05, 3.63) is 0 Å². The fraction of sp³-hybridized carbons (Fsp3) is 1.00. The summed E-state index contributed by atoms with van der Waals surface area (Å²) in [6, 6.07) is 2.11. The first-order valence-corrected chi connectivity index (χ1v) is 7.98. The van der Waals surface area contributed by atoms with Crippen LogP contribution >= 0.6 is 0 Å². The standard InChI is InChI=1S/C16H34N2/c1-7-15(8-2)14(6)18-11-16(9-12(3)4)17-10-13(18)5/h12-17H,7-11H2,1-6H3. The highest BCUT2D eigenvalue weighted by Gasteiger charge is 2.31. The third-order valence-corrected chi connectivity index (χ3v) is 4.71. The van der Waals surface area contributed by atoms with Crippen LogP contribution in [0.1, 0.15) is 60.8 Å². The zero-order chi connectivity index (χ0) is 13.7. The first-order chi connectivity index (χ1) is 8.49. The molecule has 3 unspecified atom stereocenters. The number of nitrogens with zero attached hydrogens (tertiary/aromatic N) is 1. The molecular weight excluding hydrogens is 220 g/mol. The molecule has 0 spiro atoms. The molecule has 1 heterocycles. The van der Waals surface area contributed by atoms with Gasteiger partial charge in [-0.15, -0.1) is 0 Å². The first kappa shape index (κ1) is 16.0. The van der Waals surface area contributed by atoms with Crippen LogP contribution in [-0.2, 0) is 0 Å². The second kappa shape index (κ2) is 7.49. The van der Waals surface area contributed by atoms with E-state index >= 15 is 0 Å². The van der Waals surface area contributed by atoms with Gasteiger partial charge < -0.3 is 5.32 Å². The summed E-state index contributed by atoms with van der Waals surface area (Å²) in [5.41, 5.74) is 0. The van der Waals surface area contributed by atoms with Gasteiger partial charge in [-0.2, -0.15) is 0 Å². The summed E-state index contributed by atoms with van der Waals surface area (Å²) < 4.78 is 0. The molecule has 1 rings (SSSR count). The van der Waals surface area contributed by atoms with Gasteiger partial charge >= 0.3 is 0 Å². The van der Waals surface area contributed by atoms with Crippen molar-refractivity contribution in [3.8, 4) is 0 Å². The van der Waals surface area contributed by atoms with Crippen LogP contribution in [0, 0.1) is 11.8 Å².